The number of hydrogen-bond donors (Lipinski definition) is 2. The van der Waals surface area contributed by atoms with Gasteiger partial charge in [0.25, 0.3) is 0 Å². The summed E-state index contributed by atoms with van der Waals surface area (Å²) in [6, 6.07) is 5.60. The molecule has 7 nitrogen and oxygen atoms in total. The maximum Gasteiger partial charge on any atom is 0.242 e. The van der Waals surface area contributed by atoms with E-state index in [1.54, 1.807) is 7.05 Å². The zero-order valence-electron chi connectivity index (χ0n) is 11.5. The highest BCUT2D eigenvalue weighted by Crippen LogP contribution is 2.21. The molecule has 0 spiro atoms. The van der Waals surface area contributed by atoms with Crippen LogP contribution in [-0.4, -0.2) is 38.9 Å². The van der Waals surface area contributed by atoms with Crippen LogP contribution in [-0.2, 0) is 14.8 Å². The van der Waals surface area contributed by atoms with E-state index in [-0.39, 0.29) is 22.5 Å². The Morgan fingerprint density at radius 2 is 2.19 bits per heavy atom. The number of nitrogens with one attached hydrogen (secondary N) is 1. The highest BCUT2D eigenvalue weighted by molar-refractivity contribution is 7.89. The van der Waals surface area contributed by atoms with Gasteiger partial charge in [-0.15, -0.1) is 0 Å². The molecule has 1 unspecified atom stereocenters. The first-order chi connectivity index (χ1) is 9.83. The van der Waals surface area contributed by atoms with Crippen LogP contribution in [0.1, 0.15) is 18.4 Å². The second-order valence-corrected chi connectivity index (χ2v) is 6.68. The van der Waals surface area contributed by atoms with Gasteiger partial charge in [-0.1, -0.05) is 0 Å². The number of amides is 1. The molecule has 1 aliphatic heterocycles. The summed E-state index contributed by atoms with van der Waals surface area (Å²) in [4.78, 5) is 12.8. The quantitative estimate of drug-likeness (QED) is 0.765. The van der Waals surface area contributed by atoms with E-state index < -0.39 is 10.0 Å². The van der Waals surface area contributed by atoms with E-state index in [2.05, 4.69) is 4.72 Å². The Morgan fingerprint density at radius 3 is 2.76 bits per heavy atom. The van der Waals surface area contributed by atoms with Crippen LogP contribution < -0.4 is 10.5 Å². The van der Waals surface area contributed by atoms with Crippen molar-refractivity contribution in [2.75, 3.05) is 19.3 Å². The molecule has 1 aliphatic rings. The summed E-state index contributed by atoms with van der Waals surface area (Å²) in [6.45, 7) is 0.328. The number of carbonyl (C=O) groups is 1. The number of rotatable bonds is 3. The predicted octanol–water partition coefficient (Wildman–Crippen LogP) is 0.0396. The molecule has 1 aromatic rings. The number of benzene rings is 1. The van der Waals surface area contributed by atoms with Crippen LogP contribution >= 0.6 is 0 Å². The van der Waals surface area contributed by atoms with Gasteiger partial charge in [-0.05, 0) is 24.6 Å². The van der Waals surface area contributed by atoms with Crippen molar-refractivity contribution >= 4 is 21.6 Å². The fraction of sp³-hybridized carbons (Fsp3) is 0.385. The highest BCUT2D eigenvalue weighted by Gasteiger charge is 2.28. The minimum Gasteiger partial charge on any atom is -0.398 e. The summed E-state index contributed by atoms with van der Waals surface area (Å²) in [7, 11) is -2.14. The topological polar surface area (TPSA) is 116 Å². The van der Waals surface area contributed by atoms with E-state index in [4.69, 9.17) is 11.0 Å². The Kier molecular flexibility index (Phi) is 4.16. The van der Waals surface area contributed by atoms with Crippen molar-refractivity contribution in [3.05, 3.63) is 23.8 Å². The van der Waals surface area contributed by atoms with Crippen molar-refractivity contribution in [1.29, 1.82) is 5.26 Å². The summed E-state index contributed by atoms with van der Waals surface area (Å²) in [5, 5.41) is 8.76. The van der Waals surface area contributed by atoms with Crippen molar-refractivity contribution in [3.8, 4) is 6.07 Å². The average Bonchev–Trinajstić information content (AvgIpc) is 2.42. The van der Waals surface area contributed by atoms with Gasteiger partial charge in [0, 0.05) is 26.1 Å². The van der Waals surface area contributed by atoms with E-state index in [9.17, 15) is 13.2 Å². The van der Waals surface area contributed by atoms with Gasteiger partial charge in [0.2, 0.25) is 15.9 Å². The molecular weight excluding hydrogens is 292 g/mol. The minimum absolute atomic E-state index is 0.00309. The van der Waals surface area contributed by atoms with Crippen molar-refractivity contribution in [3.63, 3.8) is 0 Å². The number of nitriles is 1. The molecule has 0 bridgehead atoms. The van der Waals surface area contributed by atoms with Gasteiger partial charge >= 0.3 is 0 Å². The lowest BCUT2D eigenvalue weighted by Crippen LogP contribution is -2.48. The maximum atomic E-state index is 12.3. The lowest BCUT2D eigenvalue weighted by atomic mass is 10.1. The molecule has 112 valence electrons. The fourth-order valence-corrected chi connectivity index (χ4v) is 3.63. The summed E-state index contributed by atoms with van der Waals surface area (Å²) in [5.74, 6) is 0.00309. The van der Waals surface area contributed by atoms with Crippen LogP contribution in [0.2, 0.25) is 0 Å². The van der Waals surface area contributed by atoms with Crippen LogP contribution in [0.4, 0.5) is 5.69 Å². The third kappa shape index (κ3) is 3.32. The van der Waals surface area contributed by atoms with Gasteiger partial charge in [0.15, 0.2) is 0 Å². The van der Waals surface area contributed by atoms with E-state index in [0.29, 0.717) is 24.9 Å². The minimum atomic E-state index is -3.78. The molecule has 1 heterocycles. The van der Waals surface area contributed by atoms with Crippen LogP contribution in [0.5, 0.6) is 0 Å². The van der Waals surface area contributed by atoms with Crippen molar-refractivity contribution in [2.45, 2.75) is 23.8 Å². The first kappa shape index (κ1) is 15.3. The Labute approximate surface area is 123 Å². The molecule has 0 aromatic heterocycles. The summed E-state index contributed by atoms with van der Waals surface area (Å²) < 4.78 is 27.2. The van der Waals surface area contributed by atoms with Gasteiger partial charge in [0.1, 0.15) is 4.90 Å². The number of hydrogen-bond acceptors (Lipinski definition) is 5. The number of piperidine rings is 1. The van der Waals surface area contributed by atoms with Crippen LogP contribution in [0, 0.1) is 11.3 Å². The van der Waals surface area contributed by atoms with Gasteiger partial charge in [-0.25, -0.2) is 13.1 Å². The number of nitrogens with two attached hydrogens (primary N) is 1. The number of anilines is 1. The first-order valence-electron chi connectivity index (χ1n) is 6.39. The Balaban J connectivity index is 2.19. The number of likely N-dealkylation sites (N-methyl/N-ethyl adjacent to an activating group) is 1. The molecule has 0 saturated carbocycles. The van der Waals surface area contributed by atoms with Crippen LogP contribution in [0.3, 0.4) is 0 Å². The number of nitrogen functional groups attached to an aromatic ring is 1. The predicted molar refractivity (Wildman–Crippen MR) is 76.5 cm³/mol. The fourth-order valence-electron chi connectivity index (χ4n) is 2.25. The van der Waals surface area contributed by atoms with E-state index in [0.717, 1.165) is 0 Å². The number of sulfonamides is 1. The summed E-state index contributed by atoms with van der Waals surface area (Å²) in [6.07, 6.45) is 0.769. The third-order valence-electron chi connectivity index (χ3n) is 3.38. The molecule has 1 fully saturated rings. The molecule has 1 atom stereocenters. The molecular formula is C13H16N4O3S. The Hall–Kier alpha value is -2.11. The molecule has 1 saturated heterocycles. The maximum absolute atomic E-state index is 12.3. The number of nitrogens with zero attached hydrogens (tertiary/aromatic N) is 2. The summed E-state index contributed by atoms with van der Waals surface area (Å²) >= 11 is 0. The lowest BCUT2D eigenvalue weighted by Gasteiger charge is -2.30. The Bertz CT molecular complexity index is 709. The first-order valence-corrected chi connectivity index (χ1v) is 7.87. The standard InChI is InChI=1S/C13H16N4O3S/c1-17-8-10(3-5-13(17)18)16-21(19,20)12-4-2-9(7-14)6-11(12)15/h2,4,6,10,16H,3,5,8,15H2,1H3. The van der Waals surface area contributed by atoms with Crippen molar-refractivity contribution in [1.82, 2.24) is 9.62 Å². The SMILES string of the molecule is CN1CC(NS(=O)(=O)c2ccc(C#N)cc2N)CCC1=O. The van der Waals surface area contributed by atoms with Gasteiger partial charge in [-0.2, -0.15) is 5.26 Å². The average molecular weight is 308 g/mol. The molecule has 8 heteroatoms. The zero-order valence-corrected chi connectivity index (χ0v) is 12.4. The second kappa shape index (κ2) is 5.71. The van der Waals surface area contributed by atoms with Crippen molar-refractivity contribution in [2.24, 2.45) is 0 Å². The van der Waals surface area contributed by atoms with Crippen molar-refractivity contribution < 1.29 is 13.2 Å². The number of carbonyl (C=O) groups excluding carboxylic acids is 1. The lowest BCUT2D eigenvalue weighted by molar-refractivity contribution is -0.132. The molecule has 1 aromatic carbocycles. The molecule has 0 aliphatic carbocycles. The molecule has 3 N–H and O–H groups in total. The normalized spacial score (nSPS) is 19.3. The molecule has 0 radical (unpaired) electrons. The number of likely N-dealkylation sites (tertiary alicyclic amines) is 1. The molecule has 21 heavy (non-hydrogen) atoms. The van der Waals surface area contributed by atoms with E-state index in [1.165, 1.54) is 23.1 Å². The monoisotopic (exact) mass is 308 g/mol. The highest BCUT2D eigenvalue weighted by atomic mass is 32.2. The van der Waals surface area contributed by atoms with Crippen LogP contribution in [0.25, 0.3) is 0 Å². The Morgan fingerprint density at radius 1 is 1.48 bits per heavy atom. The summed E-state index contributed by atoms with van der Waals surface area (Å²) in [5.41, 5.74) is 6.03. The van der Waals surface area contributed by atoms with E-state index in [1.807, 2.05) is 6.07 Å². The van der Waals surface area contributed by atoms with Crippen LogP contribution in [0.15, 0.2) is 23.1 Å². The molecule has 2 rings (SSSR count). The van der Waals surface area contributed by atoms with Gasteiger partial charge in [-0.3, -0.25) is 4.79 Å². The third-order valence-corrected chi connectivity index (χ3v) is 4.97. The van der Waals surface area contributed by atoms with Gasteiger partial charge < -0.3 is 10.6 Å². The van der Waals surface area contributed by atoms with Gasteiger partial charge in [0.05, 0.1) is 17.3 Å². The smallest absolute Gasteiger partial charge is 0.242 e. The largest absolute Gasteiger partial charge is 0.398 e. The van der Waals surface area contributed by atoms with E-state index >= 15 is 0 Å². The molecule has 1 amide bonds. The zero-order chi connectivity index (χ0) is 15.6. The second-order valence-electron chi connectivity index (χ2n) is 5.00.